The zero-order chi connectivity index (χ0) is 16.9. The maximum atomic E-state index is 13.3. The van der Waals surface area contributed by atoms with E-state index in [1.54, 1.807) is 12.1 Å². The van der Waals surface area contributed by atoms with Gasteiger partial charge in [0.25, 0.3) is 0 Å². The van der Waals surface area contributed by atoms with Crippen LogP contribution in [0.1, 0.15) is 27.8 Å². The van der Waals surface area contributed by atoms with Crippen molar-refractivity contribution in [3.8, 4) is 0 Å². The molecule has 0 spiro atoms. The molecule has 5 heteroatoms. The molecule has 0 aliphatic carbocycles. The number of sulfone groups is 1. The molecule has 0 saturated carbocycles. The van der Waals surface area contributed by atoms with Crippen molar-refractivity contribution in [2.45, 2.75) is 30.5 Å². The SMILES string of the molecule is Cc1ccc2c3c([nH]c2c1)CCNC3S(=O)(=O)c1ccccc1C. The van der Waals surface area contributed by atoms with Gasteiger partial charge in [-0.25, -0.2) is 8.42 Å². The zero-order valence-corrected chi connectivity index (χ0v) is 14.6. The van der Waals surface area contributed by atoms with E-state index >= 15 is 0 Å². The number of rotatable bonds is 2. The molecule has 1 atom stereocenters. The van der Waals surface area contributed by atoms with Crippen LogP contribution in [0.3, 0.4) is 0 Å². The fourth-order valence-electron chi connectivity index (χ4n) is 3.58. The molecule has 0 radical (unpaired) electrons. The van der Waals surface area contributed by atoms with E-state index in [0.29, 0.717) is 11.4 Å². The van der Waals surface area contributed by atoms with Gasteiger partial charge in [-0.2, -0.15) is 0 Å². The number of aromatic amines is 1. The van der Waals surface area contributed by atoms with E-state index in [9.17, 15) is 8.42 Å². The van der Waals surface area contributed by atoms with Gasteiger partial charge in [-0.05, 0) is 37.1 Å². The van der Waals surface area contributed by atoms with Crippen LogP contribution in [-0.4, -0.2) is 19.9 Å². The molecule has 24 heavy (non-hydrogen) atoms. The minimum absolute atomic E-state index is 0.400. The molecule has 124 valence electrons. The summed E-state index contributed by atoms with van der Waals surface area (Å²) in [5.74, 6) is 0. The van der Waals surface area contributed by atoms with Crippen LogP contribution >= 0.6 is 0 Å². The lowest BCUT2D eigenvalue weighted by molar-refractivity contribution is 0.541. The third-order valence-corrected chi connectivity index (χ3v) is 6.85. The number of hydrogen-bond acceptors (Lipinski definition) is 3. The number of H-pyrrole nitrogens is 1. The highest BCUT2D eigenvalue weighted by atomic mass is 32.2. The third-order valence-electron chi connectivity index (χ3n) is 4.75. The molecule has 1 aliphatic heterocycles. The number of benzene rings is 2. The summed E-state index contributed by atoms with van der Waals surface area (Å²) in [5.41, 5.74) is 4.85. The van der Waals surface area contributed by atoms with Crippen molar-refractivity contribution >= 4 is 20.7 Å². The maximum absolute atomic E-state index is 13.3. The Morgan fingerprint density at radius 2 is 1.88 bits per heavy atom. The van der Waals surface area contributed by atoms with Gasteiger partial charge in [0.15, 0.2) is 9.84 Å². The summed E-state index contributed by atoms with van der Waals surface area (Å²) >= 11 is 0. The predicted octanol–water partition coefficient (Wildman–Crippen LogP) is 3.40. The molecule has 2 N–H and O–H groups in total. The van der Waals surface area contributed by atoms with E-state index < -0.39 is 15.2 Å². The van der Waals surface area contributed by atoms with E-state index in [1.165, 1.54) is 0 Å². The van der Waals surface area contributed by atoms with Gasteiger partial charge in [0.1, 0.15) is 5.37 Å². The van der Waals surface area contributed by atoms with E-state index in [-0.39, 0.29) is 0 Å². The molecule has 4 rings (SSSR count). The summed E-state index contributed by atoms with van der Waals surface area (Å²) in [6.07, 6.45) is 0.808. The van der Waals surface area contributed by atoms with Crippen LogP contribution in [0.4, 0.5) is 0 Å². The first-order valence-electron chi connectivity index (χ1n) is 8.12. The number of hydrogen-bond donors (Lipinski definition) is 2. The van der Waals surface area contributed by atoms with Gasteiger partial charge in [-0.15, -0.1) is 0 Å². The van der Waals surface area contributed by atoms with E-state index in [2.05, 4.69) is 16.4 Å². The smallest absolute Gasteiger partial charge is 0.198 e. The van der Waals surface area contributed by atoms with Crippen LogP contribution < -0.4 is 5.32 Å². The van der Waals surface area contributed by atoms with Crippen LogP contribution in [0.25, 0.3) is 10.9 Å². The van der Waals surface area contributed by atoms with Gasteiger partial charge in [0.2, 0.25) is 0 Å². The van der Waals surface area contributed by atoms with Crippen molar-refractivity contribution in [3.05, 3.63) is 64.8 Å². The fraction of sp³-hybridized carbons (Fsp3) is 0.263. The number of nitrogens with one attached hydrogen (secondary N) is 2. The lowest BCUT2D eigenvalue weighted by Crippen LogP contribution is -2.35. The quantitative estimate of drug-likeness (QED) is 0.751. The van der Waals surface area contributed by atoms with Gasteiger partial charge in [0, 0.05) is 35.1 Å². The van der Waals surface area contributed by atoms with Crippen molar-refractivity contribution in [1.29, 1.82) is 0 Å². The van der Waals surface area contributed by atoms with Gasteiger partial charge in [-0.1, -0.05) is 30.3 Å². The summed E-state index contributed by atoms with van der Waals surface area (Å²) in [4.78, 5) is 3.82. The van der Waals surface area contributed by atoms with Gasteiger partial charge in [-0.3, -0.25) is 5.32 Å². The summed E-state index contributed by atoms with van der Waals surface area (Å²) in [7, 11) is -3.51. The minimum atomic E-state index is -3.51. The van der Waals surface area contributed by atoms with Crippen molar-refractivity contribution in [3.63, 3.8) is 0 Å². The Labute approximate surface area is 141 Å². The van der Waals surface area contributed by atoms with Crippen molar-refractivity contribution in [1.82, 2.24) is 10.3 Å². The number of fused-ring (bicyclic) bond motifs is 3. The molecular formula is C19H20N2O2S. The molecular weight excluding hydrogens is 320 g/mol. The first-order valence-corrected chi connectivity index (χ1v) is 9.67. The summed E-state index contributed by atoms with van der Waals surface area (Å²) in [6.45, 7) is 4.53. The second-order valence-electron chi connectivity index (χ2n) is 6.46. The Bertz CT molecular complexity index is 1030. The highest BCUT2D eigenvalue weighted by Gasteiger charge is 2.35. The highest BCUT2D eigenvalue weighted by molar-refractivity contribution is 7.91. The standard InChI is InChI=1S/C19H20N2O2S/c1-12-7-8-14-16(11-12)21-15-9-10-20-19(18(14)15)24(22,23)17-6-4-3-5-13(17)2/h3-8,11,19-21H,9-10H2,1-2H3. The largest absolute Gasteiger partial charge is 0.358 e. The Hall–Kier alpha value is -2.11. The second-order valence-corrected chi connectivity index (χ2v) is 8.46. The van der Waals surface area contributed by atoms with E-state index in [1.807, 2.05) is 38.1 Å². The minimum Gasteiger partial charge on any atom is -0.358 e. The summed E-state index contributed by atoms with van der Waals surface area (Å²) in [6, 6.07) is 13.3. The van der Waals surface area contributed by atoms with Crippen molar-refractivity contribution < 1.29 is 8.42 Å². The third kappa shape index (κ3) is 2.27. The lowest BCUT2D eigenvalue weighted by atomic mass is 10.0. The van der Waals surface area contributed by atoms with Crippen LogP contribution in [0, 0.1) is 13.8 Å². The molecule has 0 fully saturated rings. The fourth-order valence-corrected chi connectivity index (χ4v) is 5.54. The monoisotopic (exact) mass is 340 g/mol. The van der Waals surface area contributed by atoms with Crippen LogP contribution in [-0.2, 0) is 16.3 Å². The topological polar surface area (TPSA) is 62.0 Å². The summed E-state index contributed by atoms with van der Waals surface area (Å²) < 4.78 is 26.6. The van der Waals surface area contributed by atoms with Crippen LogP contribution in [0.2, 0.25) is 0 Å². The Morgan fingerprint density at radius 3 is 2.67 bits per heavy atom. The molecule has 3 aromatic rings. The molecule has 0 saturated heterocycles. The van der Waals surface area contributed by atoms with E-state index in [4.69, 9.17) is 0 Å². The number of aromatic nitrogens is 1. The van der Waals surface area contributed by atoms with Crippen LogP contribution in [0.15, 0.2) is 47.4 Å². The Kier molecular flexibility index (Phi) is 3.51. The normalized spacial score (nSPS) is 17.8. The number of aryl methyl sites for hydroxylation is 2. The molecule has 1 aromatic heterocycles. The van der Waals surface area contributed by atoms with Gasteiger partial charge < -0.3 is 4.98 Å². The Balaban J connectivity index is 1.94. The van der Waals surface area contributed by atoms with E-state index in [0.717, 1.165) is 39.7 Å². The van der Waals surface area contributed by atoms with Crippen molar-refractivity contribution in [2.24, 2.45) is 0 Å². The predicted molar refractivity (Wildman–Crippen MR) is 95.8 cm³/mol. The van der Waals surface area contributed by atoms with Crippen molar-refractivity contribution in [2.75, 3.05) is 6.54 Å². The molecule has 0 bridgehead atoms. The summed E-state index contributed by atoms with van der Waals surface area (Å²) in [5, 5.41) is 3.51. The molecule has 1 unspecified atom stereocenters. The van der Waals surface area contributed by atoms with Crippen LogP contribution in [0.5, 0.6) is 0 Å². The molecule has 4 nitrogen and oxygen atoms in total. The molecule has 2 heterocycles. The average Bonchev–Trinajstić information content (AvgIpc) is 2.92. The molecule has 2 aromatic carbocycles. The maximum Gasteiger partial charge on any atom is 0.198 e. The zero-order valence-electron chi connectivity index (χ0n) is 13.8. The first kappa shape index (κ1) is 15.4. The molecule has 0 amide bonds. The average molecular weight is 340 g/mol. The highest BCUT2D eigenvalue weighted by Crippen LogP contribution is 2.37. The lowest BCUT2D eigenvalue weighted by Gasteiger charge is -2.25. The first-order chi connectivity index (χ1) is 11.5. The molecule has 1 aliphatic rings. The second kappa shape index (κ2) is 5.46. The Morgan fingerprint density at radius 1 is 1.08 bits per heavy atom. The van der Waals surface area contributed by atoms with Gasteiger partial charge >= 0.3 is 0 Å². The van der Waals surface area contributed by atoms with Gasteiger partial charge in [0.05, 0.1) is 4.90 Å².